The second kappa shape index (κ2) is 14.6. The van der Waals surface area contributed by atoms with Crippen LogP contribution in [0.15, 0.2) is 29.4 Å². The van der Waals surface area contributed by atoms with E-state index in [1.54, 1.807) is 7.11 Å². The lowest BCUT2D eigenvalue weighted by Crippen LogP contribution is -2.39. The Bertz CT molecular complexity index is 416. The van der Waals surface area contributed by atoms with Crippen LogP contribution >= 0.6 is 24.0 Å². The fraction of sp³-hybridized carbons (Fsp3) is 0.625. The number of nitrogens with one attached hydrogen (secondary N) is 2. The van der Waals surface area contributed by atoms with E-state index < -0.39 is 0 Å². The number of guanidine groups is 1. The molecule has 0 aliphatic rings. The number of pyridine rings is 1. The molecule has 0 radical (unpaired) electrons. The molecule has 132 valence electrons. The minimum Gasteiger partial charge on any atom is -0.383 e. The van der Waals surface area contributed by atoms with Crippen molar-refractivity contribution in [2.75, 3.05) is 53.5 Å². The van der Waals surface area contributed by atoms with E-state index in [0.29, 0.717) is 0 Å². The molecular formula is C16H30IN5O. The lowest BCUT2D eigenvalue weighted by molar-refractivity contribution is 0.163. The Labute approximate surface area is 157 Å². The number of nitrogens with zero attached hydrogens (tertiary/aromatic N) is 3. The van der Waals surface area contributed by atoms with Crippen LogP contribution in [-0.2, 0) is 11.2 Å². The average Bonchev–Trinajstić information content (AvgIpc) is 2.54. The molecule has 1 aromatic rings. The summed E-state index contributed by atoms with van der Waals surface area (Å²) in [5.74, 6) is 0.860. The standard InChI is InChI=1S/C16H29N5O.HI/c1-4-17-16(20-11-12-21(2)13-14-22-3)19-10-8-15-7-5-6-9-18-15;/h5-7,9H,4,8,10-14H2,1-3H3,(H2,17,19,20);1H. The van der Waals surface area contributed by atoms with Gasteiger partial charge in [0.1, 0.15) is 0 Å². The highest BCUT2D eigenvalue weighted by Gasteiger charge is 2.00. The molecule has 1 heterocycles. The van der Waals surface area contributed by atoms with E-state index in [0.717, 1.165) is 57.4 Å². The number of hydrogen-bond donors (Lipinski definition) is 2. The summed E-state index contributed by atoms with van der Waals surface area (Å²) in [6, 6.07) is 5.98. The van der Waals surface area contributed by atoms with Crippen molar-refractivity contribution in [2.45, 2.75) is 13.3 Å². The van der Waals surface area contributed by atoms with E-state index in [4.69, 9.17) is 4.74 Å². The van der Waals surface area contributed by atoms with E-state index in [1.165, 1.54) is 0 Å². The van der Waals surface area contributed by atoms with Crippen LogP contribution in [0, 0.1) is 0 Å². The van der Waals surface area contributed by atoms with Crippen LogP contribution in [0.3, 0.4) is 0 Å². The monoisotopic (exact) mass is 435 g/mol. The number of hydrogen-bond acceptors (Lipinski definition) is 4. The van der Waals surface area contributed by atoms with Gasteiger partial charge in [-0.25, -0.2) is 0 Å². The maximum Gasteiger partial charge on any atom is 0.191 e. The van der Waals surface area contributed by atoms with Crippen molar-refractivity contribution >= 4 is 29.9 Å². The van der Waals surface area contributed by atoms with Crippen molar-refractivity contribution in [1.29, 1.82) is 0 Å². The molecule has 0 atom stereocenters. The molecule has 0 amide bonds. The maximum atomic E-state index is 5.07. The normalized spacial score (nSPS) is 11.2. The predicted octanol–water partition coefficient (Wildman–Crippen LogP) is 1.38. The molecule has 1 aromatic heterocycles. The summed E-state index contributed by atoms with van der Waals surface area (Å²) in [5, 5.41) is 6.60. The predicted molar refractivity (Wildman–Crippen MR) is 107 cm³/mol. The summed E-state index contributed by atoms with van der Waals surface area (Å²) in [6.07, 6.45) is 2.71. The lowest BCUT2D eigenvalue weighted by atomic mass is 10.3. The Kier molecular flexibility index (Phi) is 14.1. The maximum absolute atomic E-state index is 5.07. The van der Waals surface area contributed by atoms with Crippen molar-refractivity contribution in [3.8, 4) is 0 Å². The van der Waals surface area contributed by atoms with Gasteiger partial charge in [0.15, 0.2) is 5.96 Å². The summed E-state index contributed by atoms with van der Waals surface area (Å²) in [5.41, 5.74) is 1.09. The van der Waals surface area contributed by atoms with Crippen molar-refractivity contribution in [2.24, 2.45) is 4.99 Å². The number of aliphatic imine (C=N–C) groups is 1. The molecule has 0 saturated carbocycles. The van der Waals surface area contributed by atoms with Gasteiger partial charge < -0.3 is 20.3 Å². The Morgan fingerprint density at radius 1 is 1.30 bits per heavy atom. The van der Waals surface area contributed by atoms with Crippen molar-refractivity contribution < 1.29 is 4.74 Å². The van der Waals surface area contributed by atoms with Gasteiger partial charge >= 0.3 is 0 Å². The molecule has 7 heteroatoms. The fourth-order valence-electron chi connectivity index (χ4n) is 1.89. The van der Waals surface area contributed by atoms with Crippen LogP contribution in [0.25, 0.3) is 0 Å². The first-order valence-corrected chi connectivity index (χ1v) is 7.85. The van der Waals surface area contributed by atoms with Gasteiger partial charge in [-0.2, -0.15) is 0 Å². The van der Waals surface area contributed by atoms with E-state index in [1.807, 2.05) is 24.4 Å². The molecule has 0 unspecified atom stereocenters. The Hall–Kier alpha value is -0.930. The lowest BCUT2D eigenvalue weighted by Gasteiger charge is -2.15. The topological polar surface area (TPSA) is 61.8 Å². The third kappa shape index (κ3) is 11.3. The van der Waals surface area contributed by atoms with Crippen LogP contribution in [-0.4, -0.2) is 69.3 Å². The summed E-state index contributed by atoms with van der Waals surface area (Å²) in [6.45, 7) is 7.11. The SMILES string of the molecule is CCNC(=NCCN(C)CCOC)NCCc1ccccn1.I. The molecule has 0 fully saturated rings. The number of methoxy groups -OCH3 is 1. The van der Waals surface area contributed by atoms with Gasteiger partial charge in [0.2, 0.25) is 0 Å². The van der Waals surface area contributed by atoms with Crippen molar-refractivity contribution in [3.63, 3.8) is 0 Å². The van der Waals surface area contributed by atoms with Gasteiger partial charge in [-0.3, -0.25) is 9.98 Å². The molecule has 2 N–H and O–H groups in total. The summed E-state index contributed by atoms with van der Waals surface area (Å²) in [4.78, 5) is 11.1. The quantitative estimate of drug-likeness (QED) is 0.330. The van der Waals surface area contributed by atoms with Gasteiger partial charge in [-0.15, -0.1) is 24.0 Å². The third-order valence-electron chi connectivity index (χ3n) is 3.17. The highest BCUT2D eigenvalue weighted by atomic mass is 127. The van der Waals surface area contributed by atoms with Gasteiger partial charge in [0, 0.05) is 51.6 Å². The molecule has 0 bridgehead atoms. The number of likely N-dealkylation sites (N-methyl/N-ethyl adjacent to an activating group) is 1. The molecule has 0 aromatic carbocycles. The Morgan fingerprint density at radius 3 is 2.78 bits per heavy atom. The second-order valence-electron chi connectivity index (χ2n) is 5.05. The highest BCUT2D eigenvalue weighted by Crippen LogP contribution is 1.93. The minimum atomic E-state index is 0. The van der Waals surface area contributed by atoms with Crippen LogP contribution in [0.4, 0.5) is 0 Å². The summed E-state index contributed by atoms with van der Waals surface area (Å²) < 4.78 is 5.07. The number of rotatable bonds is 10. The van der Waals surface area contributed by atoms with Crippen molar-refractivity contribution in [1.82, 2.24) is 20.5 Å². The number of ether oxygens (including phenoxy) is 1. The molecule has 0 aliphatic heterocycles. The second-order valence-corrected chi connectivity index (χ2v) is 5.05. The fourth-order valence-corrected chi connectivity index (χ4v) is 1.89. The van der Waals surface area contributed by atoms with Crippen LogP contribution in [0.2, 0.25) is 0 Å². The Balaban J connectivity index is 0.00000484. The molecule has 1 rings (SSSR count). The smallest absolute Gasteiger partial charge is 0.191 e. The zero-order chi connectivity index (χ0) is 16.0. The van der Waals surface area contributed by atoms with Gasteiger partial charge in [-0.05, 0) is 26.1 Å². The first-order chi connectivity index (χ1) is 10.8. The first kappa shape index (κ1) is 22.1. The number of halogens is 1. The minimum absolute atomic E-state index is 0. The van der Waals surface area contributed by atoms with Crippen LogP contribution < -0.4 is 10.6 Å². The molecular weight excluding hydrogens is 405 g/mol. The van der Waals surface area contributed by atoms with E-state index in [-0.39, 0.29) is 24.0 Å². The Morgan fingerprint density at radius 2 is 2.13 bits per heavy atom. The zero-order valence-corrected chi connectivity index (χ0v) is 16.7. The largest absolute Gasteiger partial charge is 0.383 e. The third-order valence-corrected chi connectivity index (χ3v) is 3.17. The van der Waals surface area contributed by atoms with E-state index in [9.17, 15) is 0 Å². The van der Waals surface area contributed by atoms with E-state index >= 15 is 0 Å². The van der Waals surface area contributed by atoms with Crippen molar-refractivity contribution in [3.05, 3.63) is 30.1 Å². The van der Waals surface area contributed by atoms with Gasteiger partial charge in [-0.1, -0.05) is 6.07 Å². The average molecular weight is 435 g/mol. The molecule has 0 spiro atoms. The number of aromatic nitrogens is 1. The van der Waals surface area contributed by atoms with Gasteiger partial charge in [0.25, 0.3) is 0 Å². The zero-order valence-electron chi connectivity index (χ0n) is 14.4. The molecule has 23 heavy (non-hydrogen) atoms. The van der Waals surface area contributed by atoms with Gasteiger partial charge in [0.05, 0.1) is 13.2 Å². The highest BCUT2D eigenvalue weighted by molar-refractivity contribution is 14.0. The summed E-state index contributed by atoms with van der Waals surface area (Å²) >= 11 is 0. The van der Waals surface area contributed by atoms with E-state index in [2.05, 4.69) is 39.5 Å². The first-order valence-electron chi connectivity index (χ1n) is 7.85. The van der Waals surface area contributed by atoms with Crippen LogP contribution in [0.5, 0.6) is 0 Å². The molecule has 6 nitrogen and oxygen atoms in total. The summed E-state index contributed by atoms with van der Waals surface area (Å²) in [7, 11) is 3.80. The van der Waals surface area contributed by atoms with Crippen LogP contribution in [0.1, 0.15) is 12.6 Å². The molecule has 0 saturated heterocycles. The molecule has 0 aliphatic carbocycles.